The summed E-state index contributed by atoms with van der Waals surface area (Å²) < 4.78 is 13.2. The Morgan fingerprint density at radius 2 is 1.62 bits per heavy atom. The van der Waals surface area contributed by atoms with Crippen molar-refractivity contribution < 1.29 is 19.1 Å². The largest absolute Gasteiger partial charge is 0.490 e. The monoisotopic (exact) mass is 539 g/mol. The summed E-state index contributed by atoms with van der Waals surface area (Å²) in [5.74, 6) is 2.50. The predicted molar refractivity (Wildman–Crippen MR) is 150 cm³/mol. The third-order valence-electron chi connectivity index (χ3n) is 8.87. The van der Waals surface area contributed by atoms with E-state index >= 15 is 0 Å². The van der Waals surface area contributed by atoms with E-state index in [1.165, 1.54) is 30.4 Å². The van der Waals surface area contributed by atoms with Gasteiger partial charge in [-0.15, -0.1) is 0 Å². The van der Waals surface area contributed by atoms with E-state index in [1.807, 2.05) is 60.8 Å². The van der Waals surface area contributed by atoms with E-state index < -0.39 is 6.09 Å². The van der Waals surface area contributed by atoms with Crippen LogP contribution in [0.5, 0.6) is 5.75 Å². The Balaban J connectivity index is 0.967. The van der Waals surface area contributed by atoms with Crippen LogP contribution < -0.4 is 4.74 Å². The molecule has 0 spiro atoms. The average molecular weight is 540 g/mol. The second-order valence-electron chi connectivity index (χ2n) is 12.1. The van der Waals surface area contributed by atoms with Gasteiger partial charge in [-0.2, -0.15) is 9.78 Å². The number of hydrogen-bond donors (Lipinski definition) is 0. The number of aromatic nitrogens is 2. The van der Waals surface area contributed by atoms with Crippen LogP contribution in [0.2, 0.25) is 0 Å². The molecule has 3 fully saturated rings. The molecule has 1 atom stereocenters. The third-order valence-corrected chi connectivity index (χ3v) is 8.87. The van der Waals surface area contributed by atoms with Gasteiger partial charge in [-0.1, -0.05) is 30.3 Å². The highest BCUT2D eigenvalue weighted by Crippen LogP contribution is 2.46. The van der Waals surface area contributed by atoms with E-state index in [4.69, 9.17) is 9.47 Å². The Labute approximate surface area is 235 Å². The van der Waals surface area contributed by atoms with Crippen molar-refractivity contribution in [3.05, 3.63) is 83.2 Å². The van der Waals surface area contributed by atoms with Crippen molar-refractivity contribution in [1.82, 2.24) is 14.7 Å². The van der Waals surface area contributed by atoms with E-state index in [0.717, 1.165) is 72.1 Å². The molecule has 0 aliphatic heterocycles. The van der Waals surface area contributed by atoms with Gasteiger partial charge in [-0.3, -0.25) is 9.69 Å². The number of benzene rings is 2. The zero-order chi connectivity index (χ0) is 27.1. The third kappa shape index (κ3) is 5.85. The summed E-state index contributed by atoms with van der Waals surface area (Å²) in [6.45, 7) is 0.643. The molecular formula is C33H37N3O4. The average Bonchev–Trinajstić information content (AvgIpc) is 3.84. The van der Waals surface area contributed by atoms with Gasteiger partial charge in [0.05, 0.1) is 12.2 Å². The molecule has 7 nitrogen and oxygen atoms in total. The Morgan fingerprint density at radius 3 is 2.30 bits per heavy atom. The van der Waals surface area contributed by atoms with Crippen LogP contribution in [0.4, 0.5) is 4.79 Å². The molecule has 4 aliphatic carbocycles. The SMILES string of the molecule is O=C(CN(C1CC1)C1CCc2nn(C(=O)OCc3ccccc3)cc2C1)c1ccc(OC(C2CC2)C2CC2)cc1. The number of hydrogen-bond acceptors (Lipinski definition) is 6. The predicted octanol–water partition coefficient (Wildman–Crippen LogP) is 5.84. The maximum atomic E-state index is 13.4. The fraction of sp³-hybridized carbons (Fsp3) is 0.485. The van der Waals surface area contributed by atoms with E-state index in [0.29, 0.717) is 18.7 Å². The minimum Gasteiger partial charge on any atom is -0.490 e. The number of carbonyl (C=O) groups is 2. The van der Waals surface area contributed by atoms with Crippen LogP contribution in [-0.4, -0.2) is 51.3 Å². The number of ether oxygens (including phenoxy) is 2. The van der Waals surface area contributed by atoms with Crippen molar-refractivity contribution in [2.75, 3.05) is 6.54 Å². The summed E-state index contributed by atoms with van der Waals surface area (Å²) in [4.78, 5) is 28.4. The van der Waals surface area contributed by atoms with Gasteiger partial charge < -0.3 is 9.47 Å². The maximum absolute atomic E-state index is 13.4. The number of ketones is 1. The van der Waals surface area contributed by atoms with Crippen molar-refractivity contribution in [2.24, 2.45) is 11.8 Å². The topological polar surface area (TPSA) is 73.7 Å². The second-order valence-corrected chi connectivity index (χ2v) is 12.1. The molecule has 2 aromatic carbocycles. The molecule has 4 aliphatic rings. The highest BCUT2D eigenvalue weighted by atomic mass is 16.6. The second kappa shape index (κ2) is 10.8. The molecule has 40 heavy (non-hydrogen) atoms. The molecule has 0 bridgehead atoms. The Bertz CT molecular complexity index is 1340. The first kappa shape index (κ1) is 25.5. The molecule has 3 aromatic rings. The number of fused-ring (bicyclic) bond motifs is 1. The highest BCUT2D eigenvalue weighted by Gasteiger charge is 2.43. The van der Waals surface area contributed by atoms with Gasteiger partial charge in [0.1, 0.15) is 18.5 Å². The number of Topliss-reactive ketones (excluding diaryl/α,β-unsaturated/α-hetero) is 1. The Kier molecular flexibility index (Phi) is 6.92. The van der Waals surface area contributed by atoms with Crippen LogP contribution >= 0.6 is 0 Å². The first-order valence-electron chi connectivity index (χ1n) is 14.9. The van der Waals surface area contributed by atoms with Crippen molar-refractivity contribution in [3.63, 3.8) is 0 Å². The molecular weight excluding hydrogens is 502 g/mol. The quantitative estimate of drug-likeness (QED) is 0.285. The van der Waals surface area contributed by atoms with Gasteiger partial charge in [0.25, 0.3) is 0 Å². The summed E-state index contributed by atoms with van der Waals surface area (Å²) in [6.07, 6.45) is 11.7. The zero-order valence-electron chi connectivity index (χ0n) is 22.9. The molecule has 0 radical (unpaired) electrons. The number of aryl methyl sites for hydroxylation is 1. The molecule has 3 saturated carbocycles. The molecule has 0 N–H and O–H groups in total. The lowest BCUT2D eigenvalue weighted by molar-refractivity contribution is 0.0866. The first-order valence-corrected chi connectivity index (χ1v) is 14.9. The van der Waals surface area contributed by atoms with Gasteiger partial charge >= 0.3 is 6.09 Å². The molecule has 7 rings (SSSR count). The molecule has 7 heteroatoms. The van der Waals surface area contributed by atoms with Crippen molar-refractivity contribution in [1.29, 1.82) is 0 Å². The van der Waals surface area contributed by atoms with Crippen LogP contribution in [0.3, 0.4) is 0 Å². The van der Waals surface area contributed by atoms with Gasteiger partial charge in [0.15, 0.2) is 5.78 Å². The standard InChI is InChI=1S/C33H37N3O4/c37-31(23-10-15-29(16-11-23)40-32(24-6-7-24)25-8-9-25)20-35(27-12-13-27)28-14-17-30-26(18-28)19-36(34-30)33(38)39-21-22-4-2-1-3-5-22/h1-5,10-11,15-16,19,24-25,27-28,32H,6-9,12-14,17-18,20-21H2. The molecule has 0 saturated heterocycles. The summed E-state index contributed by atoms with van der Waals surface area (Å²) in [5, 5.41) is 4.53. The van der Waals surface area contributed by atoms with Crippen molar-refractivity contribution in [3.8, 4) is 5.75 Å². The van der Waals surface area contributed by atoms with Crippen LogP contribution in [0.25, 0.3) is 0 Å². The Hall–Kier alpha value is -3.45. The number of nitrogens with zero attached hydrogens (tertiary/aromatic N) is 3. The highest BCUT2D eigenvalue weighted by molar-refractivity contribution is 5.97. The number of rotatable bonds is 11. The smallest absolute Gasteiger partial charge is 0.435 e. The number of carbonyl (C=O) groups excluding carboxylic acids is 2. The van der Waals surface area contributed by atoms with E-state index in [-0.39, 0.29) is 18.4 Å². The van der Waals surface area contributed by atoms with E-state index in [9.17, 15) is 9.59 Å². The summed E-state index contributed by atoms with van der Waals surface area (Å²) in [7, 11) is 0. The van der Waals surface area contributed by atoms with E-state index in [1.54, 1.807) is 0 Å². The molecule has 1 aromatic heterocycles. The summed E-state index contributed by atoms with van der Waals surface area (Å²) in [5.41, 5.74) is 3.73. The lowest BCUT2D eigenvalue weighted by Crippen LogP contribution is -2.43. The van der Waals surface area contributed by atoms with Gasteiger partial charge in [0, 0.05) is 23.8 Å². The summed E-state index contributed by atoms with van der Waals surface area (Å²) >= 11 is 0. The lowest BCUT2D eigenvalue weighted by atomic mass is 9.92. The van der Waals surface area contributed by atoms with Gasteiger partial charge in [0.2, 0.25) is 0 Å². The van der Waals surface area contributed by atoms with Gasteiger partial charge in [-0.25, -0.2) is 4.79 Å². The minimum atomic E-state index is -0.461. The van der Waals surface area contributed by atoms with Crippen molar-refractivity contribution >= 4 is 11.9 Å². The van der Waals surface area contributed by atoms with E-state index in [2.05, 4.69) is 10.00 Å². The molecule has 208 valence electrons. The zero-order valence-corrected chi connectivity index (χ0v) is 22.9. The molecule has 0 amide bonds. The van der Waals surface area contributed by atoms with Crippen molar-refractivity contribution in [2.45, 2.75) is 82.6 Å². The maximum Gasteiger partial charge on any atom is 0.435 e. The fourth-order valence-corrected chi connectivity index (χ4v) is 6.17. The fourth-order valence-electron chi connectivity index (χ4n) is 6.17. The van der Waals surface area contributed by atoms with Crippen LogP contribution in [0.15, 0.2) is 60.8 Å². The van der Waals surface area contributed by atoms with Crippen LogP contribution in [0.1, 0.15) is 72.1 Å². The molecule has 1 unspecified atom stereocenters. The van der Waals surface area contributed by atoms with Gasteiger partial charge in [-0.05, 0) is 105 Å². The minimum absolute atomic E-state index is 0.158. The Morgan fingerprint density at radius 1 is 0.900 bits per heavy atom. The van der Waals surface area contributed by atoms with Crippen LogP contribution in [-0.2, 0) is 24.2 Å². The summed E-state index contributed by atoms with van der Waals surface area (Å²) in [6, 6.07) is 18.2. The molecule has 1 heterocycles. The van der Waals surface area contributed by atoms with Crippen LogP contribution in [0, 0.1) is 11.8 Å². The lowest BCUT2D eigenvalue weighted by Gasteiger charge is -2.33. The first-order chi connectivity index (χ1) is 19.6. The normalized spacial score (nSPS) is 20.4.